The lowest BCUT2D eigenvalue weighted by molar-refractivity contribution is -0.143. The van der Waals surface area contributed by atoms with E-state index in [2.05, 4.69) is 10.6 Å². The Morgan fingerprint density at radius 2 is 0.957 bits per heavy atom. The molecule has 0 heterocycles. The van der Waals surface area contributed by atoms with Crippen molar-refractivity contribution in [3.05, 3.63) is 71.8 Å². The Hall–Kier alpha value is -4.41. The van der Waals surface area contributed by atoms with Gasteiger partial charge >= 0.3 is 17.9 Å². The van der Waals surface area contributed by atoms with Crippen LogP contribution >= 0.6 is 0 Å². The SMILES string of the molecule is CNC(=O)CN(CC(=O)O)C(COCc1ccccc1)CN(CC(=O)O)CC(COCc1ccccc1)N(CC(=O)O)CC(=O)NC. The van der Waals surface area contributed by atoms with E-state index in [1.807, 2.05) is 60.7 Å². The lowest BCUT2D eigenvalue weighted by Crippen LogP contribution is -2.56. The number of carboxylic acids is 3. The first-order chi connectivity index (χ1) is 22.5. The zero-order valence-electron chi connectivity index (χ0n) is 26.7. The molecule has 0 saturated carbocycles. The molecule has 47 heavy (non-hydrogen) atoms. The summed E-state index contributed by atoms with van der Waals surface area (Å²) in [6.45, 7) is -2.03. The van der Waals surface area contributed by atoms with Crippen molar-refractivity contribution in [2.24, 2.45) is 0 Å². The molecule has 2 atom stereocenters. The van der Waals surface area contributed by atoms with Gasteiger partial charge in [-0.2, -0.15) is 0 Å². The number of likely N-dealkylation sites (N-methyl/N-ethyl adjacent to an activating group) is 2. The van der Waals surface area contributed by atoms with Crippen LogP contribution in [-0.4, -0.2) is 145 Å². The fourth-order valence-electron chi connectivity index (χ4n) is 4.81. The molecule has 2 amide bonds. The largest absolute Gasteiger partial charge is 0.480 e. The Balaban J connectivity index is 2.40. The summed E-state index contributed by atoms with van der Waals surface area (Å²) in [5, 5.41) is 34.1. The minimum absolute atomic E-state index is 0.0540. The zero-order valence-corrected chi connectivity index (χ0v) is 26.7. The third-order valence-electron chi connectivity index (χ3n) is 7.10. The minimum atomic E-state index is -1.20. The summed E-state index contributed by atoms with van der Waals surface area (Å²) < 4.78 is 11.9. The Morgan fingerprint density at radius 3 is 1.28 bits per heavy atom. The Bertz CT molecular complexity index is 1180. The highest BCUT2D eigenvalue weighted by molar-refractivity contribution is 5.79. The molecule has 2 unspecified atom stereocenters. The molecule has 5 N–H and O–H groups in total. The minimum Gasteiger partial charge on any atom is -0.480 e. The standard InChI is InChI=1S/C32H45N5O10/c1-33-28(38)15-36(18-31(42)43)26(22-46-20-24-9-5-3-6-10-24)13-35(17-30(40)41)14-27(23-47-21-25-11-7-4-8-12-25)37(19-32(44)45)16-29(39)34-2/h3-12,26-27H,13-23H2,1-2H3,(H,33,38)(H,34,39)(H,40,41)(H,42,43)(H,44,45). The molecule has 0 bridgehead atoms. The fourth-order valence-corrected chi connectivity index (χ4v) is 4.81. The van der Waals surface area contributed by atoms with E-state index in [0.29, 0.717) is 0 Å². The summed E-state index contributed by atoms with van der Waals surface area (Å²) in [6.07, 6.45) is 0. The molecule has 0 aliphatic rings. The number of carbonyl (C=O) groups excluding carboxylic acids is 2. The topological polar surface area (TPSA) is 198 Å². The first-order valence-corrected chi connectivity index (χ1v) is 15.0. The van der Waals surface area contributed by atoms with E-state index in [1.54, 1.807) is 0 Å². The second kappa shape index (κ2) is 21.4. The number of nitrogens with one attached hydrogen (secondary N) is 2. The maximum absolute atomic E-state index is 12.4. The van der Waals surface area contributed by atoms with E-state index in [1.165, 1.54) is 28.8 Å². The summed E-state index contributed by atoms with van der Waals surface area (Å²) >= 11 is 0. The Labute approximate surface area is 274 Å². The summed E-state index contributed by atoms with van der Waals surface area (Å²) in [7, 11) is 2.84. The third-order valence-corrected chi connectivity index (χ3v) is 7.10. The third kappa shape index (κ3) is 16.1. The van der Waals surface area contributed by atoms with Gasteiger partial charge in [-0.25, -0.2) is 0 Å². The number of amides is 2. The first-order valence-electron chi connectivity index (χ1n) is 15.0. The van der Waals surface area contributed by atoms with Crippen molar-refractivity contribution in [2.75, 3.05) is 73.1 Å². The predicted octanol–water partition coefficient (Wildman–Crippen LogP) is -0.191. The number of carbonyl (C=O) groups is 5. The summed E-state index contributed by atoms with van der Waals surface area (Å²) in [5.41, 5.74) is 1.72. The molecular formula is C32H45N5O10. The van der Waals surface area contributed by atoms with Crippen molar-refractivity contribution >= 4 is 29.7 Å². The van der Waals surface area contributed by atoms with Gasteiger partial charge in [-0.3, -0.25) is 38.7 Å². The van der Waals surface area contributed by atoms with Gasteiger partial charge < -0.3 is 35.4 Å². The number of nitrogens with zero attached hydrogens (tertiary/aromatic N) is 3. The van der Waals surface area contributed by atoms with E-state index in [0.717, 1.165) is 11.1 Å². The fraction of sp³-hybridized carbons (Fsp3) is 0.469. The van der Waals surface area contributed by atoms with Gasteiger partial charge in [-0.05, 0) is 11.1 Å². The predicted molar refractivity (Wildman–Crippen MR) is 170 cm³/mol. The molecule has 2 aromatic carbocycles. The van der Waals surface area contributed by atoms with Crippen LogP contribution in [0.2, 0.25) is 0 Å². The normalized spacial score (nSPS) is 12.5. The van der Waals surface area contributed by atoms with E-state index in [9.17, 15) is 39.3 Å². The van der Waals surface area contributed by atoms with Crippen LogP contribution in [0, 0.1) is 0 Å². The Morgan fingerprint density at radius 1 is 0.596 bits per heavy atom. The van der Waals surface area contributed by atoms with Gasteiger partial charge in [0.2, 0.25) is 11.8 Å². The molecule has 0 aliphatic carbocycles. The average molecular weight is 660 g/mol. The van der Waals surface area contributed by atoms with Crippen molar-refractivity contribution in [2.45, 2.75) is 25.3 Å². The van der Waals surface area contributed by atoms with Gasteiger partial charge in [-0.15, -0.1) is 0 Å². The van der Waals surface area contributed by atoms with Gasteiger partial charge in [0.15, 0.2) is 0 Å². The van der Waals surface area contributed by atoms with Gasteiger partial charge in [0.25, 0.3) is 0 Å². The highest BCUT2D eigenvalue weighted by Gasteiger charge is 2.30. The van der Waals surface area contributed by atoms with Crippen LogP contribution < -0.4 is 10.6 Å². The lowest BCUT2D eigenvalue weighted by Gasteiger charge is -2.37. The van der Waals surface area contributed by atoms with Crippen molar-refractivity contribution in [3.8, 4) is 0 Å². The molecule has 0 radical (unpaired) electrons. The molecule has 15 heteroatoms. The molecule has 0 aliphatic heterocycles. The highest BCUT2D eigenvalue weighted by atomic mass is 16.5. The van der Waals surface area contributed by atoms with E-state index in [-0.39, 0.29) is 52.6 Å². The highest BCUT2D eigenvalue weighted by Crippen LogP contribution is 2.12. The van der Waals surface area contributed by atoms with Crippen molar-refractivity contribution in [1.82, 2.24) is 25.3 Å². The number of carboxylic acid groups (broad SMARTS) is 3. The zero-order chi connectivity index (χ0) is 34.6. The van der Waals surface area contributed by atoms with Crippen LogP contribution in [0.1, 0.15) is 11.1 Å². The summed E-state index contributed by atoms with van der Waals surface area (Å²) in [4.78, 5) is 64.8. The lowest BCUT2D eigenvalue weighted by atomic mass is 10.1. The maximum atomic E-state index is 12.4. The van der Waals surface area contributed by atoms with Crippen molar-refractivity contribution in [1.29, 1.82) is 0 Å². The smallest absolute Gasteiger partial charge is 0.317 e. The van der Waals surface area contributed by atoms with Gasteiger partial charge in [0.1, 0.15) is 0 Å². The van der Waals surface area contributed by atoms with E-state index in [4.69, 9.17) is 9.47 Å². The van der Waals surface area contributed by atoms with Crippen LogP contribution in [0.4, 0.5) is 0 Å². The second-order valence-corrected chi connectivity index (χ2v) is 10.8. The van der Waals surface area contributed by atoms with Crippen LogP contribution in [0.25, 0.3) is 0 Å². The molecule has 15 nitrogen and oxygen atoms in total. The average Bonchev–Trinajstić information content (AvgIpc) is 3.03. The van der Waals surface area contributed by atoms with Crippen molar-refractivity contribution in [3.63, 3.8) is 0 Å². The molecule has 0 spiro atoms. The monoisotopic (exact) mass is 659 g/mol. The Kier molecular flexibility index (Phi) is 17.7. The maximum Gasteiger partial charge on any atom is 0.317 e. The van der Waals surface area contributed by atoms with Crippen LogP contribution in [0.15, 0.2) is 60.7 Å². The summed E-state index contributed by atoms with van der Waals surface area (Å²) in [5.74, 6) is -4.48. The molecular weight excluding hydrogens is 614 g/mol. The number of hydrogen-bond donors (Lipinski definition) is 5. The molecule has 0 saturated heterocycles. The molecule has 0 fully saturated rings. The van der Waals surface area contributed by atoms with Crippen LogP contribution in [0.3, 0.4) is 0 Å². The second-order valence-electron chi connectivity index (χ2n) is 10.8. The molecule has 2 rings (SSSR count). The van der Waals surface area contributed by atoms with Crippen LogP contribution in [0.5, 0.6) is 0 Å². The summed E-state index contributed by atoms with van der Waals surface area (Å²) in [6, 6.07) is 17.0. The number of rotatable bonds is 24. The quantitative estimate of drug-likeness (QED) is 0.0995. The van der Waals surface area contributed by atoms with Gasteiger partial charge in [0, 0.05) is 39.3 Å². The number of benzene rings is 2. The number of hydrogen-bond acceptors (Lipinski definition) is 10. The molecule has 2 aromatic rings. The first kappa shape index (κ1) is 38.8. The number of ether oxygens (including phenoxy) is 2. The van der Waals surface area contributed by atoms with Crippen molar-refractivity contribution < 1.29 is 48.8 Å². The van der Waals surface area contributed by atoms with Gasteiger partial charge in [0.05, 0.1) is 59.2 Å². The van der Waals surface area contributed by atoms with E-state index >= 15 is 0 Å². The van der Waals surface area contributed by atoms with Gasteiger partial charge in [-0.1, -0.05) is 60.7 Å². The molecule has 0 aromatic heterocycles. The number of aliphatic carboxylic acids is 3. The van der Waals surface area contributed by atoms with E-state index < -0.39 is 61.4 Å². The molecule has 258 valence electrons. The van der Waals surface area contributed by atoms with Crippen LogP contribution in [-0.2, 0) is 46.7 Å².